The summed E-state index contributed by atoms with van der Waals surface area (Å²) in [5.41, 5.74) is 2.53. The van der Waals surface area contributed by atoms with Crippen LogP contribution in [0.4, 0.5) is 20.6 Å². The molecule has 39 heavy (non-hydrogen) atoms. The van der Waals surface area contributed by atoms with Crippen molar-refractivity contribution in [1.82, 2.24) is 4.90 Å². The summed E-state index contributed by atoms with van der Waals surface area (Å²) in [6, 6.07) is 26.8. The third-order valence-corrected chi connectivity index (χ3v) is 6.45. The molecule has 9 heteroatoms. The fourth-order valence-corrected chi connectivity index (χ4v) is 4.59. The van der Waals surface area contributed by atoms with Gasteiger partial charge in [-0.2, -0.15) is 0 Å². The van der Waals surface area contributed by atoms with Gasteiger partial charge in [-0.05, 0) is 71.8 Å². The smallest absolute Gasteiger partial charge is 0.411 e. The van der Waals surface area contributed by atoms with E-state index in [0.717, 1.165) is 5.56 Å². The van der Waals surface area contributed by atoms with Crippen molar-refractivity contribution in [2.75, 3.05) is 10.6 Å². The highest BCUT2D eigenvalue weighted by molar-refractivity contribution is 6.30. The zero-order valence-corrected chi connectivity index (χ0v) is 21.3. The summed E-state index contributed by atoms with van der Waals surface area (Å²) in [5, 5.41) is 6.13. The van der Waals surface area contributed by atoms with Gasteiger partial charge in [0.2, 0.25) is 0 Å². The maximum atomic E-state index is 13.6. The molecule has 1 saturated heterocycles. The van der Waals surface area contributed by atoms with Crippen LogP contribution in [0.3, 0.4) is 0 Å². The Morgan fingerprint density at radius 2 is 1.56 bits per heavy atom. The van der Waals surface area contributed by atoms with Gasteiger partial charge in [0, 0.05) is 22.0 Å². The SMILES string of the molecule is O=C(Nc1cccc([C@@H]2OC(=O)N(Cc3cccc(Cl)c3)[C@H]2C(=O)Nc2ccccc2)c1)c1ccc(F)cc1. The van der Waals surface area contributed by atoms with E-state index in [2.05, 4.69) is 10.6 Å². The summed E-state index contributed by atoms with van der Waals surface area (Å²) in [5.74, 6) is -1.31. The van der Waals surface area contributed by atoms with Gasteiger partial charge in [0.05, 0.1) is 6.54 Å². The second-order valence-corrected chi connectivity index (χ2v) is 9.39. The summed E-state index contributed by atoms with van der Waals surface area (Å²) >= 11 is 6.14. The molecule has 2 atom stereocenters. The molecular formula is C30H23ClFN3O4. The Kier molecular flexibility index (Phi) is 7.56. The van der Waals surface area contributed by atoms with Gasteiger partial charge < -0.3 is 15.4 Å². The standard InChI is InChI=1S/C30H23ClFN3O4/c31-22-8-4-6-19(16-22)18-35-26(29(37)33-24-9-2-1-3-10-24)27(39-30(35)38)21-7-5-11-25(17-21)34-28(36)20-12-14-23(32)15-13-20/h1-17,26-27H,18H2,(H,33,37)(H,34,36)/t26-,27+/m1/s1. The van der Waals surface area contributed by atoms with E-state index in [4.69, 9.17) is 16.3 Å². The van der Waals surface area contributed by atoms with Gasteiger partial charge >= 0.3 is 6.09 Å². The normalized spacial score (nSPS) is 16.5. The average molecular weight is 544 g/mol. The number of amides is 3. The van der Waals surface area contributed by atoms with E-state index >= 15 is 0 Å². The summed E-state index contributed by atoms with van der Waals surface area (Å²) < 4.78 is 19.0. The predicted molar refractivity (Wildman–Crippen MR) is 146 cm³/mol. The van der Waals surface area contributed by atoms with Crippen LogP contribution in [0.15, 0.2) is 103 Å². The number of para-hydroxylation sites is 1. The number of cyclic esters (lactones) is 1. The molecule has 3 amide bonds. The Morgan fingerprint density at radius 1 is 0.846 bits per heavy atom. The molecule has 4 aromatic carbocycles. The third-order valence-electron chi connectivity index (χ3n) is 6.22. The number of nitrogens with zero attached hydrogens (tertiary/aromatic N) is 1. The molecule has 1 fully saturated rings. The molecule has 0 aliphatic carbocycles. The largest absolute Gasteiger partial charge is 0.438 e. The fourth-order valence-electron chi connectivity index (χ4n) is 4.38. The van der Waals surface area contributed by atoms with Crippen LogP contribution >= 0.6 is 11.6 Å². The van der Waals surface area contributed by atoms with Crippen LogP contribution in [0.2, 0.25) is 5.02 Å². The molecule has 0 aromatic heterocycles. The molecular weight excluding hydrogens is 521 g/mol. The lowest BCUT2D eigenvalue weighted by atomic mass is 10.00. The Labute approximate surface area is 229 Å². The number of carbonyl (C=O) groups excluding carboxylic acids is 3. The first-order valence-electron chi connectivity index (χ1n) is 12.1. The molecule has 2 N–H and O–H groups in total. The maximum Gasteiger partial charge on any atom is 0.411 e. The number of hydrogen-bond acceptors (Lipinski definition) is 4. The highest BCUT2D eigenvalue weighted by Gasteiger charge is 2.47. The van der Waals surface area contributed by atoms with E-state index in [0.29, 0.717) is 22.0 Å². The van der Waals surface area contributed by atoms with Crippen LogP contribution in [-0.4, -0.2) is 28.8 Å². The molecule has 0 radical (unpaired) electrons. The highest BCUT2D eigenvalue weighted by atomic mass is 35.5. The summed E-state index contributed by atoms with van der Waals surface area (Å²) in [6.07, 6.45) is -1.61. The first kappa shape index (κ1) is 25.9. The zero-order chi connectivity index (χ0) is 27.4. The number of halogens is 2. The van der Waals surface area contributed by atoms with Crippen LogP contribution in [0, 0.1) is 5.82 Å². The van der Waals surface area contributed by atoms with Crippen molar-refractivity contribution in [1.29, 1.82) is 0 Å². The lowest BCUT2D eigenvalue weighted by Gasteiger charge is -2.24. The first-order chi connectivity index (χ1) is 18.9. The van der Waals surface area contributed by atoms with Crippen LogP contribution < -0.4 is 10.6 Å². The highest BCUT2D eigenvalue weighted by Crippen LogP contribution is 2.36. The van der Waals surface area contributed by atoms with Gasteiger partial charge in [-0.3, -0.25) is 14.5 Å². The minimum Gasteiger partial charge on any atom is -0.438 e. The van der Waals surface area contributed by atoms with E-state index in [1.54, 1.807) is 66.7 Å². The Balaban J connectivity index is 1.43. The summed E-state index contributed by atoms with van der Waals surface area (Å²) in [6.45, 7) is 0.101. The molecule has 0 unspecified atom stereocenters. The maximum absolute atomic E-state index is 13.6. The number of ether oxygens (including phenoxy) is 1. The second kappa shape index (κ2) is 11.4. The molecule has 1 aliphatic rings. The first-order valence-corrected chi connectivity index (χ1v) is 12.5. The van der Waals surface area contributed by atoms with E-state index < -0.39 is 35.9 Å². The van der Waals surface area contributed by atoms with Crippen molar-refractivity contribution in [2.45, 2.75) is 18.7 Å². The van der Waals surface area contributed by atoms with E-state index in [9.17, 15) is 18.8 Å². The second-order valence-electron chi connectivity index (χ2n) is 8.95. The van der Waals surface area contributed by atoms with Crippen LogP contribution in [0.1, 0.15) is 27.6 Å². The Bertz CT molecular complexity index is 1510. The Hall–Kier alpha value is -4.69. The molecule has 4 aromatic rings. The summed E-state index contributed by atoms with van der Waals surface area (Å²) in [7, 11) is 0. The Morgan fingerprint density at radius 3 is 2.31 bits per heavy atom. The number of rotatable bonds is 7. The number of anilines is 2. The van der Waals surface area contributed by atoms with E-state index in [1.165, 1.54) is 29.2 Å². The van der Waals surface area contributed by atoms with Crippen molar-refractivity contribution in [3.05, 3.63) is 131 Å². The number of carbonyl (C=O) groups is 3. The van der Waals surface area contributed by atoms with E-state index in [-0.39, 0.29) is 12.1 Å². The number of benzene rings is 4. The quantitative estimate of drug-likeness (QED) is 0.281. The van der Waals surface area contributed by atoms with Crippen molar-refractivity contribution in [2.24, 2.45) is 0 Å². The molecule has 5 rings (SSSR count). The minimum absolute atomic E-state index is 0.101. The monoisotopic (exact) mass is 543 g/mol. The van der Waals surface area contributed by atoms with Gasteiger partial charge in [-0.15, -0.1) is 0 Å². The van der Waals surface area contributed by atoms with Crippen molar-refractivity contribution in [3.63, 3.8) is 0 Å². The lowest BCUT2D eigenvalue weighted by molar-refractivity contribution is -0.121. The van der Waals surface area contributed by atoms with Crippen molar-refractivity contribution >= 4 is 40.9 Å². The molecule has 1 aliphatic heterocycles. The number of nitrogens with one attached hydrogen (secondary N) is 2. The lowest BCUT2D eigenvalue weighted by Crippen LogP contribution is -2.43. The fraction of sp³-hybridized carbons (Fsp3) is 0.100. The number of hydrogen-bond donors (Lipinski definition) is 2. The molecule has 1 heterocycles. The summed E-state index contributed by atoms with van der Waals surface area (Å²) in [4.78, 5) is 40.7. The van der Waals surface area contributed by atoms with Crippen LogP contribution in [-0.2, 0) is 16.1 Å². The van der Waals surface area contributed by atoms with Crippen molar-refractivity contribution in [3.8, 4) is 0 Å². The van der Waals surface area contributed by atoms with Gasteiger partial charge in [0.25, 0.3) is 11.8 Å². The molecule has 0 saturated carbocycles. The molecule has 0 spiro atoms. The van der Waals surface area contributed by atoms with Crippen molar-refractivity contribution < 1.29 is 23.5 Å². The molecule has 7 nitrogen and oxygen atoms in total. The van der Waals surface area contributed by atoms with Gasteiger partial charge in [0.15, 0.2) is 12.1 Å². The average Bonchev–Trinajstić information content (AvgIpc) is 3.25. The van der Waals surface area contributed by atoms with Gasteiger partial charge in [-0.25, -0.2) is 9.18 Å². The van der Waals surface area contributed by atoms with Gasteiger partial charge in [-0.1, -0.05) is 54.1 Å². The molecule has 196 valence electrons. The topological polar surface area (TPSA) is 87.7 Å². The van der Waals surface area contributed by atoms with Crippen LogP contribution in [0.5, 0.6) is 0 Å². The molecule has 0 bridgehead atoms. The van der Waals surface area contributed by atoms with E-state index in [1.807, 2.05) is 12.1 Å². The third kappa shape index (κ3) is 6.08. The minimum atomic E-state index is -1.01. The van der Waals surface area contributed by atoms with Crippen LogP contribution in [0.25, 0.3) is 0 Å². The predicted octanol–water partition coefficient (Wildman–Crippen LogP) is 6.43. The van der Waals surface area contributed by atoms with Gasteiger partial charge in [0.1, 0.15) is 5.82 Å². The zero-order valence-electron chi connectivity index (χ0n) is 20.5.